The molecular formula is C2H4BrO. The van der Waals surface area contributed by atoms with Gasteiger partial charge < -0.3 is 0 Å². The van der Waals surface area contributed by atoms with E-state index in [-0.39, 0.29) is 6.61 Å². The molecule has 1 radical (unpaired) electrons. The molecule has 0 aromatic carbocycles. The predicted octanol–water partition coefficient (Wildman–Crippen LogP) is 0.812. The largest absolute Gasteiger partial charge is 0.236 e. The van der Waals surface area contributed by atoms with E-state index in [1.54, 1.807) is 0 Å². The minimum absolute atomic E-state index is 0.0139. The zero-order chi connectivity index (χ0) is 3.41. The third-order valence-corrected chi connectivity index (χ3v) is 0.401. The molecule has 0 rings (SSSR count). The lowest BCUT2D eigenvalue weighted by Gasteiger charge is -1.62. The number of rotatable bonds is 1. The molecule has 1 nitrogen and oxygen atoms in total. The molecule has 25 valence electrons. The molecule has 0 amide bonds. The summed E-state index contributed by atoms with van der Waals surface area (Å²) in [6.45, 7) is -0.0139. The van der Waals surface area contributed by atoms with E-state index in [1.807, 2.05) is 0 Å². The van der Waals surface area contributed by atoms with Crippen molar-refractivity contribution in [3.63, 3.8) is 0 Å². The summed E-state index contributed by atoms with van der Waals surface area (Å²) in [7, 11) is 0. The third-order valence-electron chi connectivity index (χ3n) is 0.0772. The van der Waals surface area contributed by atoms with Gasteiger partial charge in [-0.2, -0.15) is 0 Å². The fraction of sp³-hybridized carbons (Fsp3) is 1.00. The van der Waals surface area contributed by atoms with E-state index in [9.17, 15) is 5.11 Å². The summed E-state index contributed by atoms with van der Waals surface area (Å²) < 4.78 is 0. The normalized spacial score (nSPS) is 7.50. The highest BCUT2D eigenvalue weighted by molar-refractivity contribution is 9.09. The highest BCUT2D eigenvalue weighted by Gasteiger charge is 1.62. The van der Waals surface area contributed by atoms with Crippen LogP contribution >= 0.6 is 15.9 Å². The minimum Gasteiger partial charge on any atom is -0.236 e. The Labute approximate surface area is 33.8 Å². The van der Waals surface area contributed by atoms with E-state index in [4.69, 9.17) is 0 Å². The lowest BCUT2D eigenvalue weighted by Crippen LogP contribution is -1.72. The lowest BCUT2D eigenvalue weighted by atomic mass is 10.9. The molecule has 0 spiro atoms. The second-order valence-corrected chi connectivity index (χ2v) is 1.19. The lowest BCUT2D eigenvalue weighted by molar-refractivity contribution is 0.216. The molecule has 0 aliphatic heterocycles. The molecule has 4 heavy (non-hydrogen) atoms. The molecule has 0 N–H and O–H groups in total. The Morgan fingerprint density at radius 1 is 1.75 bits per heavy atom. The average Bonchev–Trinajstić information content (AvgIpc) is 1.37. The maximum absolute atomic E-state index is 9.25. The maximum Gasteiger partial charge on any atom is 0.0919 e. The Morgan fingerprint density at radius 2 is 2.00 bits per heavy atom. The van der Waals surface area contributed by atoms with Crippen molar-refractivity contribution in [2.45, 2.75) is 0 Å². The van der Waals surface area contributed by atoms with E-state index in [1.165, 1.54) is 0 Å². The van der Waals surface area contributed by atoms with E-state index in [0.717, 1.165) is 0 Å². The van der Waals surface area contributed by atoms with Gasteiger partial charge in [0, 0.05) is 5.33 Å². The quantitative estimate of drug-likeness (QED) is 0.461. The zero-order valence-corrected chi connectivity index (χ0v) is 3.79. The first-order valence-electron chi connectivity index (χ1n) is 1.06. The standard InChI is InChI=1S/C2H4BrO/c3-1-2-4/h1-2H2. The topological polar surface area (TPSA) is 19.9 Å². The highest BCUT2D eigenvalue weighted by atomic mass is 79.9. The molecule has 0 aromatic rings. The molecule has 0 saturated carbocycles. The molecule has 2 heteroatoms. The van der Waals surface area contributed by atoms with Gasteiger partial charge >= 0.3 is 0 Å². The Hall–Kier alpha value is 0.440. The van der Waals surface area contributed by atoms with Gasteiger partial charge in [-0.3, -0.25) is 0 Å². The van der Waals surface area contributed by atoms with Crippen LogP contribution in [-0.4, -0.2) is 11.9 Å². The van der Waals surface area contributed by atoms with E-state index >= 15 is 0 Å². The molecule has 0 atom stereocenters. The van der Waals surface area contributed by atoms with Crippen LogP contribution in [0.1, 0.15) is 0 Å². The van der Waals surface area contributed by atoms with Crippen LogP contribution in [0.25, 0.3) is 0 Å². The molecule has 0 heterocycles. The smallest absolute Gasteiger partial charge is 0.0919 e. The summed E-state index contributed by atoms with van der Waals surface area (Å²) in [5.74, 6) is 0. The van der Waals surface area contributed by atoms with Crippen LogP contribution in [0, 0.1) is 0 Å². The van der Waals surface area contributed by atoms with Crippen LogP contribution in [0.2, 0.25) is 0 Å². The Kier molecular flexibility index (Phi) is 3.82. The predicted molar refractivity (Wildman–Crippen MR) is 19.3 cm³/mol. The van der Waals surface area contributed by atoms with Crippen molar-refractivity contribution in [1.29, 1.82) is 0 Å². The second kappa shape index (κ2) is 3.44. The van der Waals surface area contributed by atoms with Crippen molar-refractivity contribution in [1.82, 2.24) is 0 Å². The molecule has 0 aliphatic rings. The SMILES string of the molecule is [O]CCBr. The fourth-order valence-corrected chi connectivity index (χ4v) is 0. The van der Waals surface area contributed by atoms with Crippen LogP contribution in [0.4, 0.5) is 0 Å². The van der Waals surface area contributed by atoms with Crippen molar-refractivity contribution in [3.8, 4) is 0 Å². The number of halogens is 1. The molecule has 0 unspecified atom stereocenters. The molecule has 0 aliphatic carbocycles. The first-order valence-corrected chi connectivity index (χ1v) is 2.18. The number of hydrogen-bond acceptors (Lipinski definition) is 0. The Bertz CT molecular complexity index is 8.00. The highest BCUT2D eigenvalue weighted by Crippen LogP contribution is 1.70. The maximum atomic E-state index is 9.25. The number of alkyl halides is 1. The van der Waals surface area contributed by atoms with E-state index in [2.05, 4.69) is 15.9 Å². The van der Waals surface area contributed by atoms with Crippen molar-refractivity contribution in [2.24, 2.45) is 0 Å². The molecule has 0 bridgehead atoms. The summed E-state index contributed by atoms with van der Waals surface area (Å²) in [5.41, 5.74) is 0. The summed E-state index contributed by atoms with van der Waals surface area (Å²) >= 11 is 2.94. The fourth-order valence-electron chi connectivity index (χ4n) is 0. The zero-order valence-electron chi connectivity index (χ0n) is 2.20. The van der Waals surface area contributed by atoms with Gasteiger partial charge in [0.1, 0.15) is 0 Å². The summed E-state index contributed by atoms with van der Waals surface area (Å²) in [4.78, 5) is 0. The van der Waals surface area contributed by atoms with Crippen LogP contribution in [0.3, 0.4) is 0 Å². The average molecular weight is 124 g/mol. The van der Waals surface area contributed by atoms with Gasteiger partial charge in [-0.1, -0.05) is 15.9 Å². The van der Waals surface area contributed by atoms with Gasteiger partial charge in [0.15, 0.2) is 0 Å². The monoisotopic (exact) mass is 123 g/mol. The second-order valence-electron chi connectivity index (χ2n) is 0.393. The van der Waals surface area contributed by atoms with E-state index in [0.29, 0.717) is 5.33 Å². The van der Waals surface area contributed by atoms with Crippen molar-refractivity contribution in [3.05, 3.63) is 0 Å². The van der Waals surface area contributed by atoms with Gasteiger partial charge in [0.25, 0.3) is 0 Å². The van der Waals surface area contributed by atoms with Gasteiger partial charge in [0.2, 0.25) is 0 Å². The minimum atomic E-state index is -0.0139. The van der Waals surface area contributed by atoms with Gasteiger partial charge in [0.05, 0.1) is 6.61 Å². The molecule has 0 saturated heterocycles. The van der Waals surface area contributed by atoms with Crippen LogP contribution in [0.15, 0.2) is 0 Å². The summed E-state index contributed by atoms with van der Waals surface area (Å²) in [6, 6.07) is 0. The third kappa shape index (κ3) is 2.44. The summed E-state index contributed by atoms with van der Waals surface area (Å²) in [6.07, 6.45) is 0. The number of hydrogen-bond donors (Lipinski definition) is 0. The van der Waals surface area contributed by atoms with Crippen LogP contribution in [-0.2, 0) is 5.11 Å². The molecule has 0 fully saturated rings. The van der Waals surface area contributed by atoms with Gasteiger partial charge in [-0.05, 0) is 0 Å². The van der Waals surface area contributed by atoms with Crippen molar-refractivity contribution in [2.75, 3.05) is 11.9 Å². The van der Waals surface area contributed by atoms with Crippen LogP contribution < -0.4 is 0 Å². The van der Waals surface area contributed by atoms with E-state index < -0.39 is 0 Å². The Balaban J connectivity index is 1.97. The Morgan fingerprint density at radius 3 is 2.00 bits per heavy atom. The van der Waals surface area contributed by atoms with Gasteiger partial charge in [-0.25, -0.2) is 5.11 Å². The van der Waals surface area contributed by atoms with Gasteiger partial charge in [-0.15, -0.1) is 0 Å². The van der Waals surface area contributed by atoms with Crippen molar-refractivity contribution >= 4 is 15.9 Å². The first kappa shape index (κ1) is 4.44. The molecular weight excluding hydrogens is 120 g/mol. The molecule has 0 aromatic heterocycles. The first-order chi connectivity index (χ1) is 1.91. The summed E-state index contributed by atoms with van der Waals surface area (Å²) in [5, 5.41) is 9.83. The van der Waals surface area contributed by atoms with Crippen LogP contribution in [0.5, 0.6) is 0 Å². The van der Waals surface area contributed by atoms with Crippen molar-refractivity contribution < 1.29 is 5.11 Å².